The minimum atomic E-state index is -0.192. The van der Waals surface area contributed by atoms with Gasteiger partial charge in [0.25, 0.3) is 5.56 Å². The van der Waals surface area contributed by atoms with Crippen LogP contribution in [0.15, 0.2) is 64.5 Å². The number of aromatic nitrogens is 3. The van der Waals surface area contributed by atoms with Crippen molar-refractivity contribution in [1.29, 1.82) is 5.41 Å². The number of pyridine rings is 1. The second-order valence-corrected chi connectivity index (χ2v) is 10.00. The molecule has 3 heterocycles. The summed E-state index contributed by atoms with van der Waals surface area (Å²) in [5.41, 5.74) is 4.82. The Balaban J connectivity index is 0.00000189. The Hall–Kier alpha value is -4.08. The summed E-state index contributed by atoms with van der Waals surface area (Å²) in [6.07, 6.45) is 1.71. The molecule has 1 fully saturated rings. The minimum Gasteiger partial charge on any atom is -0.369 e. The fourth-order valence-electron chi connectivity index (χ4n) is 4.68. The zero-order valence-electron chi connectivity index (χ0n) is 24.3. The van der Waals surface area contributed by atoms with Gasteiger partial charge in [-0.15, -0.1) is 0 Å². The molecular formula is C31H37ClN8O. The molecule has 1 saturated heterocycles. The van der Waals surface area contributed by atoms with Crippen LogP contribution in [0, 0.1) is 5.41 Å². The summed E-state index contributed by atoms with van der Waals surface area (Å²) in [6.45, 7) is 14.0. The van der Waals surface area contributed by atoms with E-state index in [-0.39, 0.29) is 11.4 Å². The molecule has 2 aromatic heterocycles. The number of hydrogen-bond acceptors (Lipinski definition) is 7. The maximum Gasteiger partial charge on any atom is 0.260 e. The predicted molar refractivity (Wildman–Crippen MR) is 172 cm³/mol. The van der Waals surface area contributed by atoms with E-state index >= 15 is 0 Å². The van der Waals surface area contributed by atoms with Crippen molar-refractivity contribution in [1.82, 2.24) is 19.9 Å². The zero-order chi connectivity index (χ0) is 29.5. The first-order chi connectivity index (χ1) is 19.8. The first-order valence-corrected chi connectivity index (χ1v) is 14.4. The molecule has 2 aromatic carbocycles. The average Bonchev–Trinajstić information content (AvgIpc) is 2.98. The fourth-order valence-corrected chi connectivity index (χ4v) is 4.96. The van der Waals surface area contributed by atoms with E-state index in [4.69, 9.17) is 17.0 Å². The Morgan fingerprint density at radius 1 is 1.07 bits per heavy atom. The Kier molecular flexibility index (Phi) is 9.86. The van der Waals surface area contributed by atoms with Crippen LogP contribution in [0.3, 0.4) is 0 Å². The highest BCUT2D eigenvalue weighted by Gasteiger charge is 2.16. The third-order valence-electron chi connectivity index (χ3n) is 6.62. The highest BCUT2D eigenvalue weighted by molar-refractivity contribution is 6.33. The van der Waals surface area contributed by atoms with Crippen molar-refractivity contribution in [3.8, 4) is 11.1 Å². The summed E-state index contributed by atoms with van der Waals surface area (Å²) >= 11 is 6.60. The second kappa shape index (κ2) is 13.5. The number of aliphatic imine (C=N–C) groups is 1. The first kappa shape index (κ1) is 29.9. The summed E-state index contributed by atoms with van der Waals surface area (Å²) in [5, 5.41) is 15.9. The van der Waals surface area contributed by atoms with Crippen LogP contribution in [0.2, 0.25) is 5.02 Å². The van der Waals surface area contributed by atoms with E-state index in [0.717, 1.165) is 43.0 Å². The van der Waals surface area contributed by atoms with Crippen molar-refractivity contribution >= 4 is 51.5 Å². The lowest BCUT2D eigenvalue weighted by Gasteiger charge is -2.29. The molecule has 1 aliphatic rings. The first-order valence-electron chi connectivity index (χ1n) is 14.0. The normalized spacial score (nSPS) is 12.9. The molecule has 0 amide bonds. The number of hydrogen-bond donors (Lipinski definition) is 3. The summed E-state index contributed by atoms with van der Waals surface area (Å²) in [5.74, 6) is 0.541. The number of nitrogens with one attached hydrogen (secondary N) is 3. The fraction of sp³-hybridized carbons (Fsp3) is 0.323. The van der Waals surface area contributed by atoms with Gasteiger partial charge in [-0.25, -0.2) is 9.98 Å². The molecule has 10 heteroatoms. The molecule has 0 atom stereocenters. The summed E-state index contributed by atoms with van der Waals surface area (Å²) in [6, 6.07) is 15.2. The number of aryl methyl sites for hydroxylation is 1. The van der Waals surface area contributed by atoms with Gasteiger partial charge in [0.15, 0.2) is 5.84 Å². The van der Waals surface area contributed by atoms with Gasteiger partial charge < -0.3 is 15.5 Å². The Morgan fingerprint density at radius 3 is 2.41 bits per heavy atom. The molecule has 0 bridgehead atoms. The molecule has 0 spiro atoms. The molecule has 0 unspecified atom stereocenters. The maximum atomic E-state index is 13.5. The third kappa shape index (κ3) is 6.81. The number of amidine groups is 1. The van der Waals surface area contributed by atoms with Crippen molar-refractivity contribution in [3.63, 3.8) is 0 Å². The van der Waals surface area contributed by atoms with Crippen molar-refractivity contribution < 1.29 is 0 Å². The SMILES string of the molecule is CC.CCn1c(=O)c(-c2ccc(C(=N)N=C(C)C)cc2Cl)cc2cnc(Nc3ccc(N4CCNCC4)cc3)nc21. The summed E-state index contributed by atoms with van der Waals surface area (Å²) in [7, 11) is 0. The van der Waals surface area contributed by atoms with E-state index < -0.39 is 0 Å². The van der Waals surface area contributed by atoms with Crippen molar-refractivity contribution in [2.75, 3.05) is 36.4 Å². The predicted octanol–water partition coefficient (Wildman–Crippen LogP) is 6.12. The molecule has 9 nitrogen and oxygen atoms in total. The highest BCUT2D eigenvalue weighted by atomic mass is 35.5. The zero-order valence-corrected chi connectivity index (χ0v) is 25.0. The van der Waals surface area contributed by atoms with Gasteiger partial charge in [-0.1, -0.05) is 37.6 Å². The van der Waals surface area contributed by atoms with E-state index in [1.54, 1.807) is 35.0 Å². The number of fused-ring (bicyclic) bond motifs is 1. The standard InChI is InChI=1S/C29H31ClN8O.C2H6/c1-4-38-27-20(15-24(28(38)39)23-10-5-19(16-25(23)30)26(31)34-18(2)3)17-33-29(36-27)35-21-6-8-22(9-7-21)37-13-11-32-12-14-37;1-2/h5-10,15-17,31-32H,4,11-14H2,1-3H3,(H,33,35,36);1-2H3. The average molecular weight is 573 g/mol. The van der Waals surface area contributed by atoms with Crippen LogP contribution in [-0.2, 0) is 6.54 Å². The molecule has 214 valence electrons. The largest absolute Gasteiger partial charge is 0.369 e. The summed E-state index contributed by atoms with van der Waals surface area (Å²) in [4.78, 5) is 29.3. The van der Waals surface area contributed by atoms with Gasteiger partial charge >= 0.3 is 0 Å². The second-order valence-electron chi connectivity index (χ2n) is 9.59. The van der Waals surface area contributed by atoms with Gasteiger partial charge in [-0.05, 0) is 57.2 Å². The molecule has 41 heavy (non-hydrogen) atoms. The Morgan fingerprint density at radius 2 is 1.78 bits per heavy atom. The van der Waals surface area contributed by atoms with Crippen LogP contribution in [0.5, 0.6) is 0 Å². The van der Waals surface area contributed by atoms with E-state index in [1.165, 1.54) is 5.69 Å². The Labute approximate surface area is 245 Å². The van der Waals surface area contributed by atoms with E-state index in [9.17, 15) is 4.79 Å². The number of benzene rings is 2. The lowest BCUT2D eigenvalue weighted by atomic mass is 10.0. The topological polar surface area (TPSA) is 111 Å². The molecular weight excluding hydrogens is 536 g/mol. The lowest BCUT2D eigenvalue weighted by molar-refractivity contribution is 0.589. The molecule has 0 radical (unpaired) electrons. The molecule has 0 aliphatic carbocycles. The van der Waals surface area contributed by atoms with E-state index in [1.807, 2.05) is 46.8 Å². The van der Waals surface area contributed by atoms with Gasteiger partial charge in [0.1, 0.15) is 5.65 Å². The quantitative estimate of drug-likeness (QED) is 0.190. The van der Waals surface area contributed by atoms with E-state index in [0.29, 0.717) is 39.9 Å². The van der Waals surface area contributed by atoms with Crippen LogP contribution in [0.25, 0.3) is 22.2 Å². The van der Waals surface area contributed by atoms with E-state index in [2.05, 4.69) is 42.6 Å². The number of anilines is 3. The van der Waals surface area contributed by atoms with Crippen molar-refractivity contribution in [2.24, 2.45) is 4.99 Å². The molecule has 5 rings (SSSR count). The van der Waals surface area contributed by atoms with Gasteiger partial charge in [0.05, 0.1) is 0 Å². The highest BCUT2D eigenvalue weighted by Crippen LogP contribution is 2.29. The Bertz CT molecular complexity index is 1620. The third-order valence-corrected chi connectivity index (χ3v) is 6.93. The van der Waals surface area contributed by atoms with Crippen molar-refractivity contribution in [3.05, 3.63) is 75.7 Å². The van der Waals surface area contributed by atoms with Crippen LogP contribution in [0.1, 0.15) is 40.2 Å². The maximum absolute atomic E-state index is 13.5. The van der Waals surface area contributed by atoms with Crippen LogP contribution in [-0.4, -0.2) is 52.3 Å². The van der Waals surface area contributed by atoms with Crippen LogP contribution < -0.4 is 21.1 Å². The summed E-state index contributed by atoms with van der Waals surface area (Å²) < 4.78 is 1.63. The van der Waals surface area contributed by atoms with Gasteiger partial charge in [-0.2, -0.15) is 4.98 Å². The lowest BCUT2D eigenvalue weighted by Crippen LogP contribution is -2.43. The smallest absolute Gasteiger partial charge is 0.260 e. The van der Waals surface area contributed by atoms with Crippen LogP contribution >= 0.6 is 11.6 Å². The van der Waals surface area contributed by atoms with Gasteiger partial charge in [-0.3, -0.25) is 14.8 Å². The molecule has 4 aromatic rings. The number of nitrogens with zero attached hydrogens (tertiary/aromatic N) is 5. The number of rotatable bonds is 6. The number of piperazine rings is 1. The van der Waals surface area contributed by atoms with Gasteiger partial charge in [0.2, 0.25) is 5.95 Å². The molecule has 3 N–H and O–H groups in total. The minimum absolute atomic E-state index is 0.125. The number of halogens is 1. The molecule has 1 aliphatic heterocycles. The van der Waals surface area contributed by atoms with Crippen molar-refractivity contribution in [2.45, 2.75) is 41.2 Å². The monoisotopic (exact) mass is 572 g/mol. The van der Waals surface area contributed by atoms with Crippen LogP contribution in [0.4, 0.5) is 17.3 Å². The van der Waals surface area contributed by atoms with Gasteiger partial charge in [0, 0.05) is 83.1 Å². The molecule has 0 saturated carbocycles.